The maximum absolute atomic E-state index is 12.8. The molecule has 2 aliphatic rings. The largest absolute Gasteiger partial charge is 0.493 e. The van der Waals surface area contributed by atoms with E-state index in [2.05, 4.69) is 20.8 Å². The number of fused-ring (bicyclic) bond motifs is 1. The Kier molecular flexibility index (Phi) is 5.48. The average molecular weight is 472 g/mol. The third-order valence-electron chi connectivity index (χ3n) is 5.67. The first-order valence-electron chi connectivity index (χ1n) is 10.1. The fraction of sp³-hybridized carbons (Fsp3) is 0.273. The van der Waals surface area contributed by atoms with Crippen LogP contribution in [-0.4, -0.2) is 33.1 Å². The van der Waals surface area contributed by atoms with Crippen molar-refractivity contribution in [2.45, 2.75) is 31.9 Å². The van der Waals surface area contributed by atoms with E-state index in [1.165, 1.54) is 0 Å². The summed E-state index contributed by atoms with van der Waals surface area (Å²) in [4.78, 5) is 12.8. The van der Waals surface area contributed by atoms with E-state index in [1.807, 2.05) is 12.1 Å². The molecule has 0 spiro atoms. The Morgan fingerprint density at radius 2 is 1.97 bits per heavy atom. The molecule has 0 amide bonds. The summed E-state index contributed by atoms with van der Waals surface area (Å²) in [6.07, 6.45) is 2.09. The van der Waals surface area contributed by atoms with Gasteiger partial charge in [0.1, 0.15) is 12.6 Å². The summed E-state index contributed by atoms with van der Waals surface area (Å²) in [6, 6.07) is 10.4. The minimum atomic E-state index is -0.440. The third-order valence-corrected chi connectivity index (χ3v) is 6.37. The van der Waals surface area contributed by atoms with Crippen LogP contribution in [0.3, 0.4) is 0 Å². The number of aromatic nitrogens is 4. The van der Waals surface area contributed by atoms with E-state index in [0.29, 0.717) is 45.1 Å². The fourth-order valence-corrected chi connectivity index (χ4v) is 4.63. The van der Waals surface area contributed by atoms with Crippen molar-refractivity contribution in [2.24, 2.45) is 0 Å². The van der Waals surface area contributed by atoms with Crippen molar-refractivity contribution >= 4 is 34.9 Å². The minimum absolute atomic E-state index is 0.0950. The highest BCUT2D eigenvalue weighted by Crippen LogP contribution is 2.41. The van der Waals surface area contributed by atoms with Gasteiger partial charge in [0.15, 0.2) is 17.3 Å². The predicted molar refractivity (Wildman–Crippen MR) is 119 cm³/mol. The van der Waals surface area contributed by atoms with Gasteiger partial charge in [-0.25, -0.2) is 0 Å². The fourth-order valence-electron chi connectivity index (χ4n) is 4.12. The molecule has 1 unspecified atom stereocenters. The zero-order valence-corrected chi connectivity index (χ0v) is 18.7. The van der Waals surface area contributed by atoms with Crippen molar-refractivity contribution in [3.8, 4) is 11.5 Å². The van der Waals surface area contributed by atoms with Crippen LogP contribution in [0, 0.1) is 0 Å². The van der Waals surface area contributed by atoms with Crippen molar-refractivity contribution < 1.29 is 14.3 Å². The van der Waals surface area contributed by atoms with E-state index in [4.69, 9.17) is 32.7 Å². The van der Waals surface area contributed by atoms with Crippen LogP contribution in [0.1, 0.15) is 36.4 Å². The normalized spacial score (nSPS) is 17.5. The molecule has 1 atom stereocenters. The zero-order valence-electron chi connectivity index (χ0n) is 17.1. The first kappa shape index (κ1) is 20.8. The number of hydrogen-bond donors (Lipinski definition) is 1. The molecular formula is C22H19Cl2N5O3. The molecule has 2 aromatic carbocycles. The van der Waals surface area contributed by atoms with Crippen LogP contribution in [-0.2, 0) is 11.4 Å². The third kappa shape index (κ3) is 3.59. The Bertz CT molecular complexity index is 1220. The van der Waals surface area contributed by atoms with Gasteiger partial charge in [0.2, 0.25) is 5.95 Å². The van der Waals surface area contributed by atoms with Gasteiger partial charge in [-0.15, -0.1) is 0 Å². The summed E-state index contributed by atoms with van der Waals surface area (Å²) in [6.45, 7) is 0.187. The van der Waals surface area contributed by atoms with Gasteiger partial charge < -0.3 is 14.8 Å². The number of hydrogen-bond acceptors (Lipinski definition) is 7. The molecule has 0 saturated carbocycles. The lowest BCUT2D eigenvalue weighted by Crippen LogP contribution is -2.31. The molecule has 1 aromatic heterocycles. The highest BCUT2D eigenvalue weighted by molar-refractivity contribution is 6.35. The van der Waals surface area contributed by atoms with Crippen molar-refractivity contribution in [1.82, 2.24) is 20.2 Å². The second-order valence-corrected chi connectivity index (χ2v) is 8.36. The molecular weight excluding hydrogens is 453 g/mol. The van der Waals surface area contributed by atoms with E-state index in [9.17, 15) is 4.79 Å². The molecule has 1 N–H and O–H groups in total. The number of allylic oxidation sites excluding steroid dienone is 2. The molecule has 3 aromatic rings. The van der Waals surface area contributed by atoms with Crippen LogP contribution in [0.2, 0.25) is 10.0 Å². The Labute approximate surface area is 194 Å². The number of rotatable bonds is 5. The van der Waals surface area contributed by atoms with E-state index in [0.717, 1.165) is 24.1 Å². The minimum Gasteiger partial charge on any atom is -0.493 e. The molecule has 0 saturated heterocycles. The summed E-state index contributed by atoms with van der Waals surface area (Å²) in [5, 5.41) is 16.2. The number of nitrogens with one attached hydrogen (secondary N) is 1. The summed E-state index contributed by atoms with van der Waals surface area (Å²) < 4.78 is 13.2. The van der Waals surface area contributed by atoms with Crippen LogP contribution in [0.15, 0.2) is 47.7 Å². The molecule has 2 heterocycles. The lowest BCUT2D eigenvalue weighted by molar-refractivity contribution is -0.116. The second kappa shape index (κ2) is 8.44. The molecule has 0 bridgehead atoms. The number of carbonyl (C=O) groups excluding carboxylic acids is 1. The Balaban J connectivity index is 1.50. The summed E-state index contributed by atoms with van der Waals surface area (Å²) in [5.74, 6) is 1.65. The number of ketones is 1. The lowest BCUT2D eigenvalue weighted by Gasteiger charge is -2.31. The van der Waals surface area contributed by atoms with Crippen molar-refractivity contribution in [3.05, 3.63) is 68.8 Å². The van der Waals surface area contributed by atoms with Crippen LogP contribution in [0.25, 0.3) is 0 Å². The molecule has 1 aliphatic heterocycles. The van der Waals surface area contributed by atoms with E-state index in [1.54, 1.807) is 36.1 Å². The lowest BCUT2D eigenvalue weighted by atomic mass is 9.85. The first-order chi connectivity index (χ1) is 15.6. The predicted octanol–water partition coefficient (Wildman–Crippen LogP) is 4.59. The molecule has 164 valence electrons. The number of halogens is 2. The number of nitrogens with zero attached hydrogens (tertiary/aromatic N) is 4. The van der Waals surface area contributed by atoms with Crippen LogP contribution >= 0.6 is 23.2 Å². The van der Waals surface area contributed by atoms with E-state index >= 15 is 0 Å². The van der Waals surface area contributed by atoms with Gasteiger partial charge in [-0.3, -0.25) is 4.79 Å². The van der Waals surface area contributed by atoms with Crippen LogP contribution < -0.4 is 14.8 Å². The Hall–Kier alpha value is -3.10. The highest BCUT2D eigenvalue weighted by Gasteiger charge is 2.37. The standard InChI is InChI=1S/C22H19Cl2N5O3/c1-31-19-10-12(8-9-18(19)32-11-13-14(23)4-2-5-15(13)24)21-20-16(6-3-7-17(20)30)25-22-26-27-28-29(21)22/h2,4-5,8-10,21H,3,6-7,11H2,1H3,(H,25,26,28). The Morgan fingerprint density at radius 3 is 2.75 bits per heavy atom. The quantitative estimate of drug-likeness (QED) is 0.581. The number of Topliss-reactive ketones (excluding diaryl/α,β-unsaturated/α-hetero) is 1. The number of ether oxygens (including phenoxy) is 2. The highest BCUT2D eigenvalue weighted by atomic mass is 35.5. The van der Waals surface area contributed by atoms with Crippen molar-refractivity contribution in [2.75, 3.05) is 12.4 Å². The van der Waals surface area contributed by atoms with E-state index in [-0.39, 0.29) is 12.4 Å². The molecule has 32 heavy (non-hydrogen) atoms. The molecule has 0 radical (unpaired) electrons. The Morgan fingerprint density at radius 1 is 1.16 bits per heavy atom. The van der Waals surface area contributed by atoms with Gasteiger partial charge in [-0.2, -0.15) is 4.68 Å². The number of methoxy groups -OCH3 is 1. The van der Waals surface area contributed by atoms with Crippen LogP contribution in [0.5, 0.6) is 11.5 Å². The van der Waals surface area contributed by atoms with Gasteiger partial charge in [0.05, 0.1) is 7.11 Å². The maximum Gasteiger partial charge on any atom is 0.248 e. The maximum atomic E-state index is 12.8. The molecule has 10 heteroatoms. The number of tetrazole rings is 1. The average Bonchev–Trinajstić information content (AvgIpc) is 3.26. The zero-order chi connectivity index (χ0) is 22.2. The number of benzene rings is 2. The first-order valence-corrected chi connectivity index (χ1v) is 10.9. The monoisotopic (exact) mass is 471 g/mol. The van der Waals surface area contributed by atoms with Crippen LogP contribution in [0.4, 0.5) is 5.95 Å². The van der Waals surface area contributed by atoms with Gasteiger partial charge in [0.25, 0.3) is 0 Å². The van der Waals surface area contributed by atoms with Gasteiger partial charge in [-0.1, -0.05) is 40.4 Å². The summed E-state index contributed by atoms with van der Waals surface area (Å²) in [5.41, 5.74) is 3.08. The SMILES string of the molecule is COc1cc(C2C3=C(CCCC3=O)Nc3nnnn32)ccc1OCc1c(Cl)cccc1Cl. The molecule has 0 fully saturated rings. The summed E-state index contributed by atoms with van der Waals surface area (Å²) >= 11 is 12.5. The molecule has 8 nitrogen and oxygen atoms in total. The molecule has 5 rings (SSSR count). The van der Waals surface area contributed by atoms with Gasteiger partial charge in [0, 0.05) is 33.3 Å². The topological polar surface area (TPSA) is 91.2 Å². The summed E-state index contributed by atoms with van der Waals surface area (Å²) in [7, 11) is 1.57. The number of carbonyl (C=O) groups is 1. The molecule has 1 aliphatic carbocycles. The van der Waals surface area contributed by atoms with Crippen molar-refractivity contribution in [1.29, 1.82) is 0 Å². The van der Waals surface area contributed by atoms with Gasteiger partial charge in [-0.05, 0) is 53.1 Å². The van der Waals surface area contributed by atoms with Crippen molar-refractivity contribution in [3.63, 3.8) is 0 Å². The number of anilines is 1. The van der Waals surface area contributed by atoms with E-state index < -0.39 is 6.04 Å². The smallest absolute Gasteiger partial charge is 0.248 e. The van der Waals surface area contributed by atoms with Gasteiger partial charge >= 0.3 is 0 Å². The second-order valence-electron chi connectivity index (χ2n) is 7.54.